The van der Waals surface area contributed by atoms with Crippen molar-refractivity contribution in [3.05, 3.63) is 23.7 Å². The molecule has 1 atom stereocenters. The summed E-state index contributed by atoms with van der Waals surface area (Å²) in [6.07, 6.45) is 2.47. The van der Waals surface area contributed by atoms with Gasteiger partial charge in [0.25, 0.3) is 0 Å². The molecule has 0 aliphatic carbocycles. The summed E-state index contributed by atoms with van der Waals surface area (Å²) in [5.74, 6) is 1.78. The molecule has 0 radical (unpaired) electrons. The van der Waals surface area contributed by atoms with Gasteiger partial charge in [-0.1, -0.05) is 25.6 Å². The molecule has 2 aromatic rings. The molecule has 0 aliphatic rings. The van der Waals surface area contributed by atoms with Crippen LogP contribution in [0.2, 0.25) is 0 Å². The Bertz CT molecular complexity index is 564. The van der Waals surface area contributed by atoms with E-state index in [2.05, 4.69) is 29.0 Å². The number of hydrogen-bond acceptors (Lipinski definition) is 6. The summed E-state index contributed by atoms with van der Waals surface area (Å²) < 4.78 is 7.54. The number of thioether (sulfide) groups is 1. The van der Waals surface area contributed by atoms with Crippen LogP contribution in [0.25, 0.3) is 0 Å². The lowest BCUT2D eigenvalue weighted by Crippen LogP contribution is -1.99. The lowest BCUT2D eigenvalue weighted by Gasteiger charge is -2.07. The van der Waals surface area contributed by atoms with Gasteiger partial charge < -0.3 is 14.1 Å². The third kappa shape index (κ3) is 3.40. The highest BCUT2D eigenvalue weighted by atomic mass is 32.2. The highest BCUT2D eigenvalue weighted by Gasteiger charge is 2.18. The molecule has 7 heteroatoms. The molecule has 0 aromatic carbocycles. The van der Waals surface area contributed by atoms with Gasteiger partial charge in [0.15, 0.2) is 5.16 Å². The molecule has 0 spiro atoms. The highest BCUT2D eigenvalue weighted by Crippen LogP contribution is 2.33. The van der Waals surface area contributed by atoms with E-state index in [9.17, 15) is 0 Å². The van der Waals surface area contributed by atoms with Crippen molar-refractivity contribution < 1.29 is 9.52 Å². The topological polar surface area (TPSA) is 77.0 Å². The van der Waals surface area contributed by atoms with Gasteiger partial charge in [0.1, 0.15) is 0 Å². The van der Waals surface area contributed by atoms with Gasteiger partial charge in [-0.3, -0.25) is 0 Å². The Labute approximate surface area is 122 Å². The van der Waals surface area contributed by atoms with E-state index in [0.29, 0.717) is 17.7 Å². The number of hydrogen-bond donors (Lipinski definition) is 1. The van der Waals surface area contributed by atoms with Gasteiger partial charge in [0.05, 0.1) is 23.7 Å². The standard InChI is InChI=1S/C13H20N4O2S/c1-8(2)5-11-15-16-12(19-11)9(3)20-13-14-6-10(7-18)17(13)4/h6,8-9,18H,5,7H2,1-4H3. The molecular weight excluding hydrogens is 276 g/mol. The van der Waals surface area contributed by atoms with Crippen LogP contribution >= 0.6 is 11.8 Å². The fourth-order valence-electron chi connectivity index (χ4n) is 1.75. The second-order valence-corrected chi connectivity index (χ2v) is 6.45. The van der Waals surface area contributed by atoms with Crippen molar-refractivity contribution in [1.82, 2.24) is 19.7 Å². The number of rotatable bonds is 6. The zero-order valence-corrected chi connectivity index (χ0v) is 13.0. The van der Waals surface area contributed by atoms with Gasteiger partial charge in [-0.05, 0) is 12.8 Å². The molecule has 1 unspecified atom stereocenters. The van der Waals surface area contributed by atoms with E-state index in [0.717, 1.165) is 17.3 Å². The predicted octanol–water partition coefficient (Wildman–Crippen LogP) is 2.35. The van der Waals surface area contributed by atoms with Gasteiger partial charge in [-0.25, -0.2) is 4.98 Å². The molecule has 20 heavy (non-hydrogen) atoms. The average molecular weight is 296 g/mol. The molecule has 0 saturated carbocycles. The maximum atomic E-state index is 9.16. The summed E-state index contributed by atoms with van der Waals surface area (Å²) in [7, 11) is 1.88. The van der Waals surface area contributed by atoms with E-state index in [1.807, 2.05) is 18.5 Å². The zero-order valence-electron chi connectivity index (χ0n) is 12.2. The Hall–Kier alpha value is -1.34. The van der Waals surface area contributed by atoms with E-state index < -0.39 is 0 Å². The van der Waals surface area contributed by atoms with Crippen molar-refractivity contribution in [3.8, 4) is 0 Å². The highest BCUT2D eigenvalue weighted by molar-refractivity contribution is 7.99. The molecule has 2 heterocycles. The van der Waals surface area contributed by atoms with E-state index >= 15 is 0 Å². The molecule has 6 nitrogen and oxygen atoms in total. The summed E-state index contributed by atoms with van der Waals surface area (Å²) in [5.41, 5.74) is 0.783. The largest absolute Gasteiger partial charge is 0.424 e. The first-order valence-corrected chi connectivity index (χ1v) is 7.49. The van der Waals surface area contributed by atoms with Crippen LogP contribution < -0.4 is 0 Å². The van der Waals surface area contributed by atoms with Crippen molar-refractivity contribution in [2.45, 2.75) is 44.2 Å². The molecule has 110 valence electrons. The number of imidazole rings is 1. The molecule has 0 aliphatic heterocycles. The average Bonchev–Trinajstić information content (AvgIpc) is 2.97. The molecule has 2 aromatic heterocycles. The molecule has 0 fully saturated rings. The number of aliphatic hydroxyl groups is 1. The first kappa shape index (κ1) is 15.1. The first-order chi connectivity index (χ1) is 9.51. The molecule has 1 N–H and O–H groups in total. The Morgan fingerprint density at radius 3 is 2.70 bits per heavy atom. The smallest absolute Gasteiger partial charge is 0.229 e. The maximum Gasteiger partial charge on any atom is 0.229 e. The number of aliphatic hydroxyl groups excluding tert-OH is 1. The molecule has 0 saturated heterocycles. The van der Waals surface area contributed by atoms with Crippen LogP contribution in [0.15, 0.2) is 15.8 Å². The Kier molecular flexibility index (Phi) is 4.82. The third-order valence-corrected chi connectivity index (χ3v) is 4.04. The summed E-state index contributed by atoms with van der Waals surface area (Å²) in [4.78, 5) is 4.28. The van der Waals surface area contributed by atoms with Crippen LogP contribution in [0.3, 0.4) is 0 Å². The van der Waals surface area contributed by atoms with Gasteiger partial charge in [0.2, 0.25) is 11.8 Å². The van der Waals surface area contributed by atoms with Gasteiger partial charge in [-0.2, -0.15) is 0 Å². The second-order valence-electron chi connectivity index (χ2n) is 5.14. The van der Waals surface area contributed by atoms with Crippen LogP contribution in [-0.2, 0) is 20.1 Å². The quantitative estimate of drug-likeness (QED) is 0.825. The predicted molar refractivity (Wildman–Crippen MR) is 76.2 cm³/mol. The van der Waals surface area contributed by atoms with E-state index in [1.165, 1.54) is 11.8 Å². The summed E-state index contributed by atoms with van der Waals surface area (Å²) in [6, 6.07) is 0. The van der Waals surface area contributed by atoms with Crippen molar-refractivity contribution in [1.29, 1.82) is 0 Å². The van der Waals surface area contributed by atoms with Crippen LogP contribution in [0.5, 0.6) is 0 Å². The lowest BCUT2D eigenvalue weighted by atomic mass is 10.1. The first-order valence-electron chi connectivity index (χ1n) is 6.61. The summed E-state index contributed by atoms with van der Waals surface area (Å²) in [6.45, 7) is 6.22. The van der Waals surface area contributed by atoms with Gasteiger partial charge >= 0.3 is 0 Å². The number of aromatic nitrogens is 4. The Morgan fingerprint density at radius 1 is 1.35 bits per heavy atom. The summed E-state index contributed by atoms with van der Waals surface area (Å²) >= 11 is 1.54. The normalized spacial score (nSPS) is 13.1. The van der Waals surface area contributed by atoms with Gasteiger partial charge in [0, 0.05) is 13.5 Å². The van der Waals surface area contributed by atoms with Crippen LogP contribution in [-0.4, -0.2) is 24.9 Å². The minimum absolute atomic E-state index is 0.0163. The second kappa shape index (κ2) is 6.41. The zero-order chi connectivity index (χ0) is 14.7. The molecular formula is C13H20N4O2S. The van der Waals surface area contributed by atoms with Crippen LogP contribution in [0.1, 0.15) is 43.5 Å². The SMILES string of the molecule is CC(C)Cc1nnc(C(C)Sc2ncc(CO)n2C)o1. The maximum absolute atomic E-state index is 9.16. The minimum atomic E-state index is -0.0163. The lowest BCUT2D eigenvalue weighted by molar-refractivity contribution is 0.271. The Balaban J connectivity index is 2.05. The molecule has 0 amide bonds. The van der Waals surface area contributed by atoms with Crippen molar-refractivity contribution >= 4 is 11.8 Å². The number of nitrogens with zero attached hydrogens (tertiary/aromatic N) is 4. The summed E-state index contributed by atoms with van der Waals surface area (Å²) in [5, 5.41) is 18.2. The van der Waals surface area contributed by atoms with Gasteiger partial charge in [-0.15, -0.1) is 10.2 Å². The van der Waals surface area contributed by atoms with E-state index in [1.54, 1.807) is 6.20 Å². The fraction of sp³-hybridized carbons (Fsp3) is 0.615. The van der Waals surface area contributed by atoms with E-state index in [4.69, 9.17) is 9.52 Å². The Morgan fingerprint density at radius 2 is 2.10 bits per heavy atom. The third-order valence-electron chi connectivity index (χ3n) is 2.90. The van der Waals surface area contributed by atoms with Crippen molar-refractivity contribution in [2.24, 2.45) is 13.0 Å². The molecule has 0 bridgehead atoms. The van der Waals surface area contributed by atoms with Crippen molar-refractivity contribution in [2.75, 3.05) is 0 Å². The van der Waals surface area contributed by atoms with Crippen LogP contribution in [0.4, 0.5) is 0 Å². The minimum Gasteiger partial charge on any atom is -0.424 e. The van der Waals surface area contributed by atoms with Crippen LogP contribution in [0, 0.1) is 5.92 Å². The molecule has 2 rings (SSSR count). The fourth-order valence-corrected chi connectivity index (χ4v) is 2.65. The monoisotopic (exact) mass is 296 g/mol. The van der Waals surface area contributed by atoms with Crippen molar-refractivity contribution in [3.63, 3.8) is 0 Å². The van der Waals surface area contributed by atoms with E-state index in [-0.39, 0.29) is 11.9 Å².